The van der Waals surface area contributed by atoms with Gasteiger partial charge in [0.1, 0.15) is 12.2 Å². The lowest BCUT2D eigenvalue weighted by Crippen LogP contribution is -3.15. The van der Waals surface area contributed by atoms with Crippen molar-refractivity contribution < 1.29 is 14.9 Å². The van der Waals surface area contributed by atoms with E-state index < -0.39 is 0 Å². The number of nitrogens with zero attached hydrogens (tertiary/aromatic N) is 4. The van der Waals surface area contributed by atoms with E-state index in [4.69, 9.17) is 5.11 Å². The molecule has 2 N–H and O–H groups in total. The van der Waals surface area contributed by atoms with Crippen molar-refractivity contribution in [3.63, 3.8) is 0 Å². The van der Waals surface area contributed by atoms with E-state index in [1.54, 1.807) is 31.3 Å². The third-order valence-electron chi connectivity index (χ3n) is 5.68. The van der Waals surface area contributed by atoms with E-state index in [9.17, 15) is 14.9 Å². The molecule has 0 aliphatic carbocycles. The Morgan fingerprint density at radius 2 is 1.87 bits per heavy atom. The molecule has 4 rings (SSSR count). The number of aromatic nitrogens is 2. The van der Waals surface area contributed by atoms with Crippen LogP contribution in [-0.2, 0) is 7.05 Å². The summed E-state index contributed by atoms with van der Waals surface area (Å²) < 4.78 is 1.26. The molecule has 0 saturated carbocycles. The SMILES string of the molecule is Cn1nc(-c2ccc(N3CC[NH+](CCO)CC3)c([N+](=O)[O-])c2)c2ccccc2c1=O. The number of benzene rings is 2. The number of hydrogen-bond donors (Lipinski definition) is 2. The second-order valence-electron chi connectivity index (χ2n) is 7.49. The van der Waals surface area contributed by atoms with Crippen molar-refractivity contribution >= 4 is 22.1 Å². The summed E-state index contributed by atoms with van der Waals surface area (Å²) in [7, 11) is 1.58. The highest BCUT2D eigenvalue weighted by Crippen LogP contribution is 2.34. The van der Waals surface area contributed by atoms with Crippen LogP contribution >= 0.6 is 0 Å². The van der Waals surface area contributed by atoms with Gasteiger partial charge >= 0.3 is 0 Å². The van der Waals surface area contributed by atoms with Gasteiger partial charge < -0.3 is 14.9 Å². The first-order valence-corrected chi connectivity index (χ1v) is 9.94. The van der Waals surface area contributed by atoms with Crippen molar-refractivity contribution in [3.05, 3.63) is 62.9 Å². The van der Waals surface area contributed by atoms with Gasteiger partial charge in [0, 0.05) is 24.1 Å². The molecular formula is C21H24N5O4+. The number of rotatable bonds is 5. The zero-order chi connectivity index (χ0) is 21.3. The van der Waals surface area contributed by atoms with Crippen LogP contribution in [0.2, 0.25) is 0 Å². The Balaban J connectivity index is 1.75. The molecule has 0 radical (unpaired) electrons. The Morgan fingerprint density at radius 3 is 2.53 bits per heavy atom. The van der Waals surface area contributed by atoms with Crippen LogP contribution in [0.1, 0.15) is 0 Å². The lowest BCUT2D eigenvalue weighted by molar-refractivity contribution is -0.900. The van der Waals surface area contributed by atoms with Gasteiger partial charge in [0.2, 0.25) is 0 Å². The zero-order valence-electron chi connectivity index (χ0n) is 16.7. The lowest BCUT2D eigenvalue weighted by Gasteiger charge is -2.33. The van der Waals surface area contributed by atoms with Crippen LogP contribution in [0, 0.1) is 10.1 Å². The van der Waals surface area contributed by atoms with E-state index >= 15 is 0 Å². The predicted molar refractivity (Wildman–Crippen MR) is 114 cm³/mol. The van der Waals surface area contributed by atoms with E-state index in [1.807, 2.05) is 23.1 Å². The summed E-state index contributed by atoms with van der Waals surface area (Å²) >= 11 is 0. The summed E-state index contributed by atoms with van der Waals surface area (Å²) in [6.45, 7) is 3.87. The lowest BCUT2D eigenvalue weighted by atomic mass is 10.0. The van der Waals surface area contributed by atoms with Crippen molar-refractivity contribution in [1.29, 1.82) is 0 Å². The van der Waals surface area contributed by atoms with Gasteiger partial charge in [-0.2, -0.15) is 5.10 Å². The van der Waals surface area contributed by atoms with E-state index in [0.717, 1.165) is 13.1 Å². The molecule has 1 fully saturated rings. The fourth-order valence-electron chi connectivity index (χ4n) is 4.07. The number of piperazine rings is 1. The van der Waals surface area contributed by atoms with E-state index in [2.05, 4.69) is 5.10 Å². The Kier molecular flexibility index (Phi) is 5.47. The fourth-order valence-corrected chi connectivity index (χ4v) is 4.07. The average molecular weight is 410 g/mol. The van der Waals surface area contributed by atoms with Gasteiger partial charge in [-0.3, -0.25) is 14.9 Å². The molecule has 0 spiro atoms. The molecule has 0 amide bonds. The summed E-state index contributed by atoms with van der Waals surface area (Å²) in [5.74, 6) is 0. The Bertz CT molecular complexity index is 1150. The van der Waals surface area contributed by atoms with Gasteiger partial charge in [0.25, 0.3) is 11.2 Å². The first-order chi connectivity index (χ1) is 14.5. The maximum absolute atomic E-state index is 12.4. The van der Waals surface area contributed by atoms with Gasteiger partial charge in [-0.15, -0.1) is 0 Å². The number of nitrogens with one attached hydrogen (secondary N) is 1. The summed E-state index contributed by atoms with van der Waals surface area (Å²) in [6, 6.07) is 12.3. The standard InChI is InChI=1S/C21H23N5O4/c1-23-21(28)17-5-3-2-4-16(17)20(22-23)15-6-7-18(19(14-15)26(29)30)25-10-8-24(9-11-25)12-13-27/h2-7,14,27H,8-13H2,1H3/p+1. The van der Waals surface area contributed by atoms with E-state index in [0.29, 0.717) is 47.4 Å². The number of hydrogen-bond acceptors (Lipinski definition) is 6. The van der Waals surface area contributed by atoms with Crippen LogP contribution in [0.5, 0.6) is 0 Å². The first kappa shape index (κ1) is 20.0. The second-order valence-corrected chi connectivity index (χ2v) is 7.49. The first-order valence-electron chi connectivity index (χ1n) is 9.94. The predicted octanol–water partition coefficient (Wildman–Crippen LogP) is 0.206. The van der Waals surface area contributed by atoms with Crippen LogP contribution in [0.4, 0.5) is 11.4 Å². The topological polar surface area (TPSA) is 106 Å². The highest BCUT2D eigenvalue weighted by atomic mass is 16.6. The van der Waals surface area contributed by atoms with Crippen LogP contribution in [0.15, 0.2) is 47.3 Å². The molecule has 0 atom stereocenters. The van der Waals surface area contributed by atoms with Gasteiger partial charge in [-0.25, -0.2) is 4.68 Å². The second kappa shape index (κ2) is 8.21. The summed E-state index contributed by atoms with van der Waals surface area (Å²) in [5, 5.41) is 26.6. The van der Waals surface area contributed by atoms with Crippen LogP contribution < -0.4 is 15.4 Å². The molecule has 30 heavy (non-hydrogen) atoms. The largest absolute Gasteiger partial charge is 0.391 e. The molecule has 1 saturated heterocycles. The van der Waals surface area contributed by atoms with Crippen molar-refractivity contribution in [2.45, 2.75) is 0 Å². The third-order valence-corrected chi connectivity index (χ3v) is 5.68. The number of anilines is 1. The molecule has 1 aliphatic heterocycles. The molecule has 0 unspecified atom stereocenters. The Morgan fingerprint density at radius 1 is 1.17 bits per heavy atom. The Labute approximate surface area is 172 Å². The molecule has 0 bridgehead atoms. The molecule has 1 aliphatic rings. The monoisotopic (exact) mass is 410 g/mol. The van der Waals surface area contributed by atoms with E-state index in [-0.39, 0.29) is 22.8 Å². The maximum atomic E-state index is 12.4. The summed E-state index contributed by atoms with van der Waals surface area (Å²) in [6.07, 6.45) is 0. The van der Waals surface area contributed by atoms with Gasteiger partial charge in [-0.1, -0.05) is 24.3 Å². The van der Waals surface area contributed by atoms with Crippen molar-refractivity contribution in [2.75, 3.05) is 44.2 Å². The minimum absolute atomic E-state index is 0.0258. The minimum Gasteiger partial charge on any atom is -0.391 e. The highest BCUT2D eigenvalue weighted by Gasteiger charge is 2.26. The smallest absolute Gasteiger partial charge is 0.293 e. The Hall–Kier alpha value is -3.30. The number of aryl methyl sites for hydroxylation is 1. The van der Waals surface area contributed by atoms with Gasteiger partial charge in [0.15, 0.2) is 0 Å². The molecule has 9 nitrogen and oxygen atoms in total. The van der Waals surface area contributed by atoms with Crippen molar-refractivity contribution in [3.8, 4) is 11.3 Å². The molecule has 1 aromatic heterocycles. The third kappa shape index (κ3) is 3.64. The van der Waals surface area contributed by atoms with Crippen LogP contribution in [0.25, 0.3) is 22.0 Å². The van der Waals surface area contributed by atoms with Crippen molar-refractivity contribution in [2.24, 2.45) is 7.05 Å². The average Bonchev–Trinajstić information content (AvgIpc) is 2.77. The number of fused-ring (bicyclic) bond motifs is 1. The maximum Gasteiger partial charge on any atom is 0.293 e. The van der Waals surface area contributed by atoms with Gasteiger partial charge in [0.05, 0.1) is 48.8 Å². The highest BCUT2D eigenvalue weighted by molar-refractivity contribution is 5.94. The number of nitro groups is 1. The van der Waals surface area contributed by atoms with Crippen molar-refractivity contribution in [1.82, 2.24) is 9.78 Å². The molecule has 2 aromatic carbocycles. The summed E-state index contributed by atoms with van der Waals surface area (Å²) in [4.78, 5) is 27.2. The number of nitro benzene ring substituents is 1. The number of aliphatic hydroxyl groups excluding tert-OH is 1. The molecule has 9 heteroatoms. The molecule has 3 aromatic rings. The number of aliphatic hydroxyl groups is 1. The normalized spacial score (nSPS) is 14.9. The zero-order valence-corrected chi connectivity index (χ0v) is 16.7. The van der Waals surface area contributed by atoms with Crippen LogP contribution in [-0.4, -0.2) is 59.1 Å². The minimum atomic E-state index is -0.365. The number of quaternary nitrogens is 1. The molecule has 156 valence electrons. The summed E-state index contributed by atoms with van der Waals surface area (Å²) in [5.41, 5.74) is 1.55. The quantitative estimate of drug-likeness (QED) is 0.460. The molecule has 2 heterocycles. The van der Waals surface area contributed by atoms with Gasteiger partial charge in [-0.05, 0) is 12.1 Å². The van der Waals surface area contributed by atoms with E-state index in [1.165, 1.54) is 9.58 Å². The fraction of sp³-hybridized carbons (Fsp3) is 0.333. The van der Waals surface area contributed by atoms with Crippen LogP contribution in [0.3, 0.4) is 0 Å². The molecular weight excluding hydrogens is 386 g/mol.